The monoisotopic (exact) mass is 319 g/mol. The number of benzene rings is 2. The fourth-order valence-corrected chi connectivity index (χ4v) is 3.23. The summed E-state index contributed by atoms with van der Waals surface area (Å²) in [5, 5.41) is 12.5. The zero-order valence-electron chi connectivity index (χ0n) is 13.2. The summed E-state index contributed by atoms with van der Waals surface area (Å²) in [6.07, 6.45) is 1.21. The van der Waals surface area contributed by atoms with Crippen LogP contribution in [0.1, 0.15) is 46.4 Å². The van der Waals surface area contributed by atoms with Gasteiger partial charge in [-0.05, 0) is 54.8 Å². The van der Waals surface area contributed by atoms with Gasteiger partial charge in [-0.1, -0.05) is 12.1 Å². The lowest BCUT2D eigenvalue weighted by Crippen LogP contribution is -2.44. The van der Waals surface area contributed by atoms with Crippen molar-refractivity contribution >= 4 is 17.9 Å². The Labute approximate surface area is 140 Å². The number of rotatable bonds is 3. The highest BCUT2D eigenvalue weighted by Crippen LogP contribution is 2.44. The molecule has 0 saturated carbocycles. The molecule has 1 heterocycles. The first-order valence-electron chi connectivity index (χ1n) is 7.64. The first-order chi connectivity index (χ1) is 11.5. The topological polar surface area (TPSA) is 96.0 Å². The number of aldehydes is 1. The Hall–Kier alpha value is -3.13. The molecule has 0 fully saturated rings. The maximum atomic E-state index is 12.2. The molecule has 0 saturated heterocycles. The molecule has 120 valence electrons. The predicted molar refractivity (Wildman–Crippen MR) is 90.5 cm³/mol. The van der Waals surface area contributed by atoms with Crippen LogP contribution in [0.4, 0.5) is 5.69 Å². The standard InChI is InChI=1S/C19H17N3O2/c1-19(18(21)24)9-17(14-4-2-3-12(7-14)10-20)22-16-6-5-13(11-23)8-15(16)19/h2-8,11,17,22H,9H2,1H3,(H2,21,24). The first-order valence-corrected chi connectivity index (χ1v) is 7.64. The lowest BCUT2D eigenvalue weighted by atomic mass is 9.71. The highest BCUT2D eigenvalue weighted by molar-refractivity contribution is 5.90. The number of fused-ring (bicyclic) bond motifs is 1. The quantitative estimate of drug-likeness (QED) is 0.850. The van der Waals surface area contributed by atoms with Gasteiger partial charge in [0.15, 0.2) is 0 Å². The Balaban J connectivity index is 2.10. The van der Waals surface area contributed by atoms with E-state index in [1.807, 2.05) is 18.2 Å². The molecular formula is C19H17N3O2. The molecule has 2 unspecified atom stereocenters. The number of hydrogen-bond acceptors (Lipinski definition) is 4. The fraction of sp³-hybridized carbons (Fsp3) is 0.211. The van der Waals surface area contributed by atoms with Gasteiger partial charge >= 0.3 is 0 Å². The SMILES string of the molecule is CC1(C(N)=O)CC(c2cccc(C#N)c2)Nc2ccc(C=O)cc21. The summed E-state index contributed by atoms with van der Waals surface area (Å²) in [6.45, 7) is 1.80. The van der Waals surface area contributed by atoms with Crippen LogP contribution in [-0.2, 0) is 10.2 Å². The second-order valence-electron chi connectivity index (χ2n) is 6.26. The number of carbonyl (C=O) groups is 2. The van der Waals surface area contributed by atoms with Crippen LogP contribution in [-0.4, -0.2) is 12.2 Å². The summed E-state index contributed by atoms with van der Waals surface area (Å²) in [7, 11) is 0. The van der Waals surface area contributed by atoms with Gasteiger partial charge in [0.05, 0.1) is 23.1 Å². The molecule has 0 aromatic heterocycles. The second kappa shape index (κ2) is 5.82. The maximum Gasteiger partial charge on any atom is 0.227 e. The van der Waals surface area contributed by atoms with Gasteiger partial charge in [0.1, 0.15) is 6.29 Å². The van der Waals surface area contributed by atoms with Crippen LogP contribution >= 0.6 is 0 Å². The summed E-state index contributed by atoms with van der Waals surface area (Å²) in [5.41, 5.74) is 8.31. The molecule has 0 radical (unpaired) electrons. The van der Waals surface area contributed by atoms with Gasteiger partial charge in [0, 0.05) is 11.3 Å². The van der Waals surface area contributed by atoms with Crippen LogP contribution < -0.4 is 11.1 Å². The van der Waals surface area contributed by atoms with E-state index in [4.69, 9.17) is 11.0 Å². The van der Waals surface area contributed by atoms with E-state index in [1.165, 1.54) is 0 Å². The van der Waals surface area contributed by atoms with Crippen LogP contribution in [0.3, 0.4) is 0 Å². The van der Waals surface area contributed by atoms with Crippen molar-refractivity contribution in [3.8, 4) is 6.07 Å². The summed E-state index contributed by atoms with van der Waals surface area (Å²) >= 11 is 0. The van der Waals surface area contributed by atoms with Gasteiger partial charge < -0.3 is 11.1 Å². The Bertz CT molecular complexity index is 869. The maximum absolute atomic E-state index is 12.2. The van der Waals surface area contributed by atoms with Crippen molar-refractivity contribution in [2.45, 2.75) is 24.8 Å². The van der Waals surface area contributed by atoms with Gasteiger partial charge in [-0.2, -0.15) is 5.26 Å². The molecule has 0 bridgehead atoms. The largest absolute Gasteiger partial charge is 0.378 e. The third-order valence-electron chi connectivity index (χ3n) is 4.68. The molecule has 1 aliphatic heterocycles. The number of nitrogens with one attached hydrogen (secondary N) is 1. The van der Waals surface area contributed by atoms with Gasteiger partial charge in [-0.3, -0.25) is 9.59 Å². The lowest BCUT2D eigenvalue weighted by molar-refractivity contribution is -0.123. The molecular weight excluding hydrogens is 302 g/mol. The molecule has 2 aromatic carbocycles. The third-order valence-corrected chi connectivity index (χ3v) is 4.68. The predicted octanol–water partition coefficient (Wildman–Crippen LogP) is 2.67. The van der Waals surface area contributed by atoms with Crippen LogP contribution in [0.15, 0.2) is 42.5 Å². The zero-order valence-corrected chi connectivity index (χ0v) is 13.2. The Morgan fingerprint density at radius 1 is 1.38 bits per heavy atom. The lowest BCUT2D eigenvalue weighted by Gasteiger charge is -2.39. The van der Waals surface area contributed by atoms with E-state index in [0.29, 0.717) is 17.5 Å². The minimum atomic E-state index is -0.896. The van der Waals surface area contributed by atoms with Gasteiger partial charge in [0.2, 0.25) is 5.91 Å². The van der Waals surface area contributed by atoms with E-state index in [2.05, 4.69) is 11.4 Å². The minimum absolute atomic E-state index is 0.148. The molecule has 1 aliphatic rings. The summed E-state index contributed by atoms with van der Waals surface area (Å²) in [6, 6.07) is 14.5. The number of nitrogens with zero attached hydrogens (tertiary/aromatic N) is 1. The Morgan fingerprint density at radius 3 is 2.83 bits per heavy atom. The second-order valence-corrected chi connectivity index (χ2v) is 6.26. The number of hydrogen-bond donors (Lipinski definition) is 2. The summed E-state index contributed by atoms with van der Waals surface area (Å²) < 4.78 is 0. The number of amides is 1. The smallest absolute Gasteiger partial charge is 0.227 e. The molecule has 24 heavy (non-hydrogen) atoms. The highest BCUT2D eigenvalue weighted by atomic mass is 16.1. The number of anilines is 1. The van der Waals surface area contributed by atoms with E-state index in [1.54, 1.807) is 31.2 Å². The van der Waals surface area contributed by atoms with Crippen LogP contribution in [0, 0.1) is 11.3 Å². The van der Waals surface area contributed by atoms with Crippen LogP contribution in [0.25, 0.3) is 0 Å². The molecule has 1 amide bonds. The molecule has 2 atom stereocenters. The van der Waals surface area contributed by atoms with Crippen molar-refractivity contribution in [3.63, 3.8) is 0 Å². The third kappa shape index (κ3) is 2.52. The number of carbonyl (C=O) groups excluding carboxylic acids is 2. The highest BCUT2D eigenvalue weighted by Gasteiger charge is 2.41. The number of primary amides is 1. The van der Waals surface area contributed by atoms with E-state index in [9.17, 15) is 9.59 Å². The van der Waals surface area contributed by atoms with Crippen LogP contribution in [0.2, 0.25) is 0 Å². The average Bonchev–Trinajstić information content (AvgIpc) is 2.61. The number of nitriles is 1. The van der Waals surface area contributed by atoms with E-state index in [0.717, 1.165) is 23.1 Å². The van der Waals surface area contributed by atoms with Crippen LogP contribution in [0.5, 0.6) is 0 Å². The molecule has 0 spiro atoms. The normalized spacial score (nSPS) is 21.9. The summed E-state index contributed by atoms with van der Waals surface area (Å²) in [4.78, 5) is 23.3. The van der Waals surface area contributed by atoms with Crippen molar-refractivity contribution < 1.29 is 9.59 Å². The first kappa shape index (κ1) is 15.8. The Morgan fingerprint density at radius 2 is 2.17 bits per heavy atom. The van der Waals surface area contributed by atoms with Crippen molar-refractivity contribution in [2.75, 3.05) is 5.32 Å². The van der Waals surface area contributed by atoms with Crippen molar-refractivity contribution in [2.24, 2.45) is 5.73 Å². The fourth-order valence-electron chi connectivity index (χ4n) is 3.23. The van der Waals surface area contributed by atoms with Crippen molar-refractivity contribution in [1.82, 2.24) is 0 Å². The van der Waals surface area contributed by atoms with E-state index < -0.39 is 11.3 Å². The Kier molecular flexibility index (Phi) is 3.82. The minimum Gasteiger partial charge on any atom is -0.378 e. The van der Waals surface area contributed by atoms with Gasteiger partial charge in [-0.15, -0.1) is 0 Å². The number of nitrogens with two attached hydrogens (primary N) is 1. The van der Waals surface area contributed by atoms with E-state index >= 15 is 0 Å². The van der Waals surface area contributed by atoms with Crippen molar-refractivity contribution in [3.05, 3.63) is 64.7 Å². The molecule has 5 heteroatoms. The average molecular weight is 319 g/mol. The van der Waals surface area contributed by atoms with E-state index in [-0.39, 0.29) is 6.04 Å². The zero-order chi connectivity index (χ0) is 17.3. The molecule has 2 aromatic rings. The molecule has 5 nitrogen and oxygen atoms in total. The van der Waals surface area contributed by atoms with Gasteiger partial charge in [0.25, 0.3) is 0 Å². The van der Waals surface area contributed by atoms with Crippen molar-refractivity contribution in [1.29, 1.82) is 5.26 Å². The molecule has 3 rings (SSSR count). The summed E-state index contributed by atoms with van der Waals surface area (Å²) in [5.74, 6) is -0.435. The molecule has 3 N–H and O–H groups in total. The molecule has 0 aliphatic carbocycles. The van der Waals surface area contributed by atoms with Gasteiger partial charge in [-0.25, -0.2) is 0 Å².